The first-order valence-electron chi connectivity index (χ1n) is 8.35. The van der Waals surface area contributed by atoms with Crippen LogP contribution in [0.3, 0.4) is 0 Å². The van der Waals surface area contributed by atoms with Crippen LogP contribution in [0.25, 0.3) is 10.6 Å². The molecule has 0 amide bonds. The van der Waals surface area contributed by atoms with Gasteiger partial charge >= 0.3 is 0 Å². The van der Waals surface area contributed by atoms with Crippen LogP contribution in [0.4, 0.5) is 0 Å². The van der Waals surface area contributed by atoms with E-state index in [9.17, 15) is 0 Å². The highest BCUT2D eigenvalue weighted by Gasteiger charge is 2.05. The molecule has 0 radical (unpaired) electrons. The highest BCUT2D eigenvalue weighted by Crippen LogP contribution is 2.23. The molecule has 138 valence electrons. The van der Waals surface area contributed by atoms with Gasteiger partial charge < -0.3 is 15.4 Å². The Balaban J connectivity index is 0.00000312. The molecule has 7 heteroatoms. The van der Waals surface area contributed by atoms with Crippen LogP contribution in [0.15, 0.2) is 40.7 Å². The first-order chi connectivity index (χ1) is 11.8. The molecule has 25 heavy (non-hydrogen) atoms. The Kier molecular flexibility index (Phi) is 11.4. The summed E-state index contributed by atoms with van der Waals surface area (Å²) >= 11 is 1.67. The molecule has 0 unspecified atom stereocenters. The topological polar surface area (TPSA) is 58.5 Å². The summed E-state index contributed by atoms with van der Waals surface area (Å²) < 4.78 is 5.33. The molecule has 0 atom stereocenters. The number of rotatable bonds is 9. The number of benzene rings is 1. The van der Waals surface area contributed by atoms with E-state index in [1.165, 1.54) is 0 Å². The van der Waals surface area contributed by atoms with E-state index in [0.717, 1.165) is 54.8 Å². The number of thiazole rings is 1. The zero-order valence-corrected chi connectivity index (χ0v) is 18.0. The number of aliphatic imine (C=N–C) groups is 1. The molecular formula is C18H27IN4OS. The highest BCUT2D eigenvalue weighted by molar-refractivity contribution is 14.0. The van der Waals surface area contributed by atoms with Crippen molar-refractivity contribution in [3.8, 4) is 10.6 Å². The summed E-state index contributed by atoms with van der Waals surface area (Å²) in [6.07, 6.45) is 2.12. The van der Waals surface area contributed by atoms with Crippen molar-refractivity contribution in [2.45, 2.75) is 26.3 Å². The third-order valence-electron chi connectivity index (χ3n) is 3.45. The molecule has 5 nitrogen and oxygen atoms in total. The fourth-order valence-corrected chi connectivity index (χ4v) is 3.00. The van der Waals surface area contributed by atoms with Gasteiger partial charge in [-0.15, -0.1) is 35.3 Å². The molecule has 2 rings (SSSR count). The predicted molar refractivity (Wildman–Crippen MR) is 117 cm³/mol. The van der Waals surface area contributed by atoms with Crippen molar-refractivity contribution < 1.29 is 4.74 Å². The lowest BCUT2D eigenvalue weighted by atomic mass is 10.2. The molecule has 1 aromatic heterocycles. The Morgan fingerprint density at radius 1 is 1.20 bits per heavy atom. The minimum atomic E-state index is 0. The van der Waals surface area contributed by atoms with Gasteiger partial charge in [0.25, 0.3) is 0 Å². The third kappa shape index (κ3) is 8.15. The molecule has 0 aliphatic heterocycles. The minimum Gasteiger partial charge on any atom is -0.382 e. The van der Waals surface area contributed by atoms with Crippen molar-refractivity contribution in [1.82, 2.24) is 15.6 Å². The highest BCUT2D eigenvalue weighted by atomic mass is 127. The monoisotopic (exact) mass is 474 g/mol. The lowest BCUT2D eigenvalue weighted by Crippen LogP contribution is -2.37. The van der Waals surface area contributed by atoms with Crippen molar-refractivity contribution >= 4 is 41.3 Å². The van der Waals surface area contributed by atoms with Crippen LogP contribution in [0.1, 0.15) is 25.5 Å². The van der Waals surface area contributed by atoms with Crippen molar-refractivity contribution in [1.29, 1.82) is 0 Å². The molecule has 0 saturated carbocycles. The molecule has 1 heterocycles. The van der Waals surface area contributed by atoms with Gasteiger partial charge in [-0.3, -0.25) is 4.99 Å². The lowest BCUT2D eigenvalue weighted by Gasteiger charge is -2.10. The molecule has 0 spiro atoms. The molecule has 0 aliphatic rings. The van der Waals surface area contributed by atoms with Crippen LogP contribution < -0.4 is 10.6 Å². The number of nitrogens with one attached hydrogen (secondary N) is 2. The molecule has 1 aromatic carbocycles. The van der Waals surface area contributed by atoms with Gasteiger partial charge in [0.05, 0.1) is 12.2 Å². The second-order valence-electron chi connectivity index (χ2n) is 5.27. The Labute approximate surface area is 171 Å². The minimum absolute atomic E-state index is 0. The largest absolute Gasteiger partial charge is 0.382 e. The summed E-state index contributed by atoms with van der Waals surface area (Å²) in [6, 6.07) is 10.2. The zero-order valence-electron chi connectivity index (χ0n) is 14.8. The summed E-state index contributed by atoms with van der Waals surface area (Å²) in [5, 5.41) is 9.75. The van der Waals surface area contributed by atoms with Crippen LogP contribution in [-0.4, -0.2) is 37.7 Å². The van der Waals surface area contributed by atoms with E-state index >= 15 is 0 Å². The SMILES string of the molecule is CCOCCCCNC(=NC)NCc1csc(-c2ccccc2)n1.I. The summed E-state index contributed by atoms with van der Waals surface area (Å²) in [4.78, 5) is 8.91. The van der Waals surface area contributed by atoms with E-state index in [1.807, 2.05) is 25.1 Å². The number of guanidine groups is 1. The van der Waals surface area contributed by atoms with E-state index < -0.39 is 0 Å². The third-order valence-corrected chi connectivity index (χ3v) is 4.39. The number of hydrogen-bond acceptors (Lipinski definition) is 4. The fourth-order valence-electron chi connectivity index (χ4n) is 2.18. The van der Waals surface area contributed by atoms with Gasteiger partial charge in [0.1, 0.15) is 5.01 Å². The summed E-state index contributed by atoms with van der Waals surface area (Å²) in [7, 11) is 1.78. The lowest BCUT2D eigenvalue weighted by molar-refractivity contribution is 0.143. The Bertz CT molecular complexity index is 619. The average Bonchev–Trinajstić information content (AvgIpc) is 3.10. The van der Waals surface area contributed by atoms with Crippen molar-refractivity contribution in [2.75, 3.05) is 26.8 Å². The van der Waals surface area contributed by atoms with Crippen molar-refractivity contribution in [2.24, 2.45) is 4.99 Å². The maximum atomic E-state index is 5.33. The van der Waals surface area contributed by atoms with Gasteiger partial charge in [0.15, 0.2) is 5.96 Å². The van der Waals surface area contributed by atoms with Crippen LogP contribution in [0.5, 0.6) is 0 Å². The number of hydrogen-bond donors (Lipinski definition) is 2. The van der Waals surface area contributed by atoms with Gasteiger partial charge in [-0.2, -0.15) is 0 Å². The van der Waals surface area contributed by atoms with Gasteiger partial charge in [-0.1, -0.05) is 30.3 Å². The Hall–Kier alpha value is -1.19. The maximum Gasteiger partial charge on any atom is 0.191 e. The zero-order chi connectivity index (χ0) is 17.0. The van der Waals surface area contributed by atoms with Crippen LogP contribution in [-0.2, 0) is 11.3 Å². The number of halogens is 1. The molecule has 0 bridgehead atoms. The van der Waals surface area contributed by atoms with Crippen LogP contribution >= 0.6 is 35.3 Å². The van der Waals surface area contributed by atoms with E-state index in [1.54, 1.807) is 18.4 Å². The van der Waals surface area contributed by atoms with Crippen molar-refractivity contribution in [3.63, 3.8) is 0 Å². The maximum absolute atomic E-state index is 5.33. The Morgan fingerprint density at radius 2 is 2.00 bits per heavy atom. The second kappa shape index (κ2) is 13.1. The standard InChI is InChI=1S/C18H26N4OS.HI/c1-3-23-12-8-7-11-20-18(19-2)21-13-16-14-24-17(22-16)15-9-5-4-6-10-15;/h4-6,9-10,14H,3,7-8,11-13H2,1-2H3,(H2,19,20,21);1H. The first kappa shape index (κ1) is 21.9. The van der Waals surface area contributed by atoms with Gasteiger partial charge in [-0.05, 0) is 19.8 Å². The second-order valence-corrected chi connectivity index (χ2v) is 6.12. The molecule has 2 N–H and O–H groups in total. The summed E-state index contributed by atoms with van der Waals surface area (Å²) in [5.74, 6) is 0.806. The normalized spacial score (nSPS) is 11.0. The number of unbranched alkanes of at least 4 members (excludes halogenated alkanes) is 1. The molecular weight excluding hydrogens is 447 g/mol. The number of aromatic nitrogens is 1. The fraction of sp³-hybridized carbons (Fsp3) is 0.444. The molecule has 2 aromatic rings. The smallest absolute Gasteiger partial charge is 0.191 e. The average molecular weight is 474 g/mol. The molecule has 0 saturated heterocycles. The van der Waals surface area contributed by atoms with E-state index in [2.05, 4.69) is 38.1 Å². The summed E-state index contributed by atoms with van der Waals surface area (Å²) in [5.41, 5.74) is 2.18. The quantitative estimate of drug-likeness (QED) is 0.251. The van der Waals surface area contributed by atoms with Crippen LogP contribution in [0, 0.1) is 0 Å². The van der Waals surface area contributed by atoms with E-state index in [-0.39, 0.29) is 24.0 Å². The molecule has 0 fully saturated rings. The summed E-state index contributed by atoms with van der Waals surface area (Å²) in [6.45, 7) is 5.19. The number of nitrogens with zero attached hydrogens (tertiary/aromatic N) is 2. The van der Waals surface area contributed by atoms with E-state index in [4.69, 9.17) is 4.74 Å². The molecule has 0 aliphatic carbocycles. The van der Waals surface area contributed by atoms with E-state index in [0.29, 0.717) is 6.54 Å². The van der Waals surface area contributed by atoms with Crippen molar-refractivity contribution in [3.05, 3.63) is 41.4 Å². The van der Waals surface area contributed by atoms with Gasteiger partial charge in [-0.25, -0.2) is 4.98 Å². The van der Waals surface area contributed by atoms with Gasteiger partial charge in [0, 0.05) is 37.7 Å². The first-order valence-corrected chi connectivity index (χ1v) is 9.23. The Morgan fingerprint density at radius 3 is 2.72 bits per heavy atom. The van der Waals surface area contributed by atoms with Crippen LogP contribution in [0.2, 0.25) is 0 Å². The van der Waals surface area contributed by atoms with Gasteiger partial charge in [0.2, 0.25) is 0 Å². The predicted octanol–water partition coefficient (Wildman–Crippen LogP) is 3.91. The number of ether oxygens (including phenoxy) is 1.